The third-order valence-electron chi connectivity index (χ3n) is 3.84. The van der Waals surface area contributed by atoms with Gasteiger partial charge in [-0.3, -0.25) is 0 Å². The topological polar surface area (TPSA) is 35.8 Å². The Morgan fingerprint density at radius 2 is 2.05 bits per heavy atom. The van der Waals surface area contributed by atoms with Crippen LogP contribution in [0.4, 0.5) is 10.1 Å². The lowest BCUT2D eigenvalue weighted by atomic mass is 9.88. The molecule has 1 fully saturated rings. The van der Waals surface area contributed by atoms with Crippen LogP contribution in [-0.2, 0) is 0 Å². The maximum Gasteiger partial charge on any atom is 0.126 e. The Kier molecular flexibility index (Phi) is 4.71. The summed E-state index contributed by atoms with van der Waals surface area (Å²) in [6, 6.07) is 6.41. The number of rotatable bonds is 4. The van der Waals surface area contributed by atoms with E-state index >= 15 is 0 Å². The minimum atomic E-state index is -0.358. The third-order valence-corrected chi connectivity index (χ3v) is 5.26. The minimum absolute atomic E-state index is 0.261. The van der Waals surface area contributed by atoms with Crippen LogP contribution in [0.25, 0.3) is 0 Å². The second-order valence-electron chi connectivity index (χ2n) is 5.14. The smallest absolute Gasteiger partial charge is 0.126 e. The first-order valence-corrected chi connectivity index (χ1v) is 7.90. The quantitative estimate of drug-likeness (QED) is 0.897. The number of halogens is 1. The van der Waals surface area contributed by atoms with Gasteiger partial charge in [0.2, 0.25) is 0 Å². The number of hydrogen-bond donors (Lipinski definition) is 1. The Balaban J connectivity index is 2.05. The first-order chi connectivity index (χ1) is 9.17. The zero-order valence-corrected chi connectivity index (χ0v) is 12.0. The molecular formula is C15H19FN2S. The van der Waals surface area contributed by atoms with E-state index in [-0.39, 0.29) is 10.6 Å². The number of anilines is 1. The number of nitrogens with one attached hydrogen (secondary N) is 1. The highest BCUT2D eigenvalue weighted by Gasteiger charge is 2.30. The molecule has 0 saturated heterocycles. The van der Waals surface area contributed by atoms with Gasteiger partial charge >= 0.3 is 0 Å². The average molecular weight is 278 g/mol. The van der Waals surface area contributed by atoms with Gasteiger partial charge in [0, 0.05) is 17.0 Å². The van der Waals surface area contributed by atoms with Crippen molar-refractivity contribution in [1.82, 2.24) is 0 Å². The summed E-state index contributed by atoms with van der Waals surface area (Å²) in [6.07, 6.45) is 8.44. The molecule has 19 heavy (non-hydrogen) atoms. The molecule has 4 heteroatoms. The minimum Gasteiger partial charge on any atom is -0.384 e. The van der Waals surface area contributed by atoms with Gasteiger partial charge in [-0.15, -0.1) is 0 Å². The molecule has 1 aliphatic carbocycles. The average Bonchev–Trinajstić information content (AvgIpc) is 2.45. The van der Waals surface area contributed by atoms with Crippen LogP contribution in [0.1, 0.15) is 37.7 Å². The first-order valence-electron chi connectivity index (χ1n) is 6.67. The molecule has 0 aromatic heterocycles. The summed E-state index contributed by atoms with van der Waals surface area (Å²) in [5, 5.41) is 12.2. The lowest BCUT2D eigenvalue weighted by molar-refractivity contribution is 0.411. The molecule has 0 radical (unpaired) electrons. The molecule has 2 rings (SSSR count). The van der Waals surface area contributed by atoms with E-state index in [1.54, 1.807) is 6.07 Å². The molecule has 0 amide bonds. The van der Waals surface area contributed by atoms with Crippen LogP contribution in [0.15, 0.2) is 18.2 Å². The van der Waals surface area contributed by atoms with E-state index in [9.17, 15) is 4.39 Å². The fourth-order valence-corrected chi connectivity index (χ4v) is 3.58. The molecule has 1 aromatic carbocycles. The lowest BCUT2D eigenvalue weighted by Gasteiger charge is -2.36. The second kappa shape index (κ2) is 6.29. The van der Waals surface area contributed by atoms with Crippen LogP contribution < -0.4 is 5.32 Å². The van der Waals surface area contributed by atoms with Crippen LogP contribution in [0.5, 0.6) is 0 Å². The van der Waals surface area contributed by atoms with Gasteiger partial charge in [-0.05, 0) is 37.3 Å². The fourth-order valence-electron chi connectivity index (χ4n) is 2.67. The molecule has 102 valence electrons. The summed E-state index contributed by atoms with van der Waals surface area (Å²) >= 11 is 1.91. The van der Waals surface area contributed by atoms with Crippen molar-refractivity contribution in [2.24, 2.45) is 0 Å². The van der Waals surface area contributed by atoms with E-state index in [0.29, 0.717) is 11.3 Å². The fraction of sp³-hybridized carbons (Fsp3) is 0.533. The summed E-state index contributed by atoms with van der Waals surface area (Å²) < 4.78 is 13.6. The molecule has 0 spiro atoms. The van der Waals surface area contributed by atoms with Crippen molar-refractivity contribution in [2.45, 2.75) is 36.9 Å². The van der Waals surface area contributed by atoms with Crippen LogP contribution in [0.2, 0.25) is 0 Å². The molecule has 0 unspecified atom stereocenters. The number of nitriles is 1. The van der Waals surface area contributed by atoms with Crippen molar-refractivity contribution in [3.63, 3.8) is 0 Å². The highest BCUT2D eigenvalue weighted by atomic mass is 32.2. The molecular weight excluding hydrogens is 259 g/mol. The van der Waals surface area contributed by atoms with Crippen molar-refractivity contribution in [1.29, 1.82) is 5.26 Å². The van der Waals surface area contributed by atoms with E-state index < -0.39 is 0 Å². The van der Waals surface area contributed by atoms with Gasteiger partial charge < -0.3 is 5.32 Å². The zero-order valence-electron chi connectivity index (χ0n) is 11.2. The molecule has 1 aromatic rings. The molecule has 0 bridgehead atoms. The van der Waals surface area contributed by atoms with Crippen molar-refractivity contribution in [2.75, 3.05) is 18.1 Å². The predicted molar refractivity (Wildman–Crippen MR) is 78.9 cm³/mol. The van der Waals surface area contributed by atoms with E-state index in [0.717, 1.165) is 6.54 Å². The van der Waals surface area contributed by atoms with Crippen LogP contribution in [0, 0.1) is 17.1 Å². The SMILES string of the molecule is CSC1(CNc2cc(F)cc(C#N)c2)CCCCC1. The Morgan fingerprint density at radius 1 is 1.32 bits per heavy atom. The number of hydrogen-bond acceptors (Lipinski definition) is 3. The van der Waals surface area contributed by atoms with E-state index in [1.807, 2.05) is 17.8 Å². The van der Waals surface area contributed by atoms with Gasteiger partial charge in [0.25, 0.3) is 0 Å². The highest BCUT2D eigenvalue weighted by Crippen LogP contribution is 2.38. The maximum absolute atomic E-state index is 13.4. The Hall–Kier alpha value is -1.21. The molecule has 1 N–H and O–H groups in total. The summed E-state index contributed by atoms with van der Waals surface area (Å²) in [7, 11) is 0. The van der Waals surface area contributed by atoms with Crippen LogP contribution in [-0.4, -0.2) is 17.5 Å². The maximum atomic E-state index is 13.4. The predicted octanol–water partition coefficient (Wildman–Crippen LogP) is 4.18. The van der Waals surface area contributed by atoms with Crippen molar-refractivity contribution in [3.05, 3.63) is 29.6 Å². The summed E-state index contributed by atoms with van der Waals surface area (Å²) in [5.74, 6) is -0.358. The van der Waals surface area contributed by atoms with E-state index in [2.05, 4.69) is 11.6 Å². The Bertz CT molecular complexity index is 476. The van der Waals surface area contributed by atoms with Gasteiger partial charge in [-0.25, -0.2) is 4.39 Å². The number of benzene rings is 1. The van der Waals surface area contributed by atoms with E-state index in [4.69, 9.17) is 5.26 Å². The Morgan fingerprint density at radius 3 is 2.68 bits per heavy atom. The van der Waals surface area contributed by atoms with Crippen molar-refractivity contribution < 1.29 is 4.39 Å². The molecule has 1 aliphatic rings. The first kappa shape index (κ1) is 14.2. The van der Waals surface area contributed by atoms with Gasteiger partial charge in [-0.1, -0.05) is 19.3 Å². The molecule has 1 saturated carbocycles. The second-order valence-corrected chi connectivity index (χ2v) is 6.42. The molecule has 0 aliphatic heterocycles. The van der Waals surface area contributed by atoms with Crippen molar-refractivity contribution >= 4 is 17.4 Å². The van der Waals surface area contributed by atoms with Crippen LogP contribution in [0.3, 0.4) is 0 Å². The molecule has 0 atom stereocenters. The standard InChI is InChI=1S/C15H19FN2S/c1-19-15(5-3-2-4-6-15)11-18-14-8-12(10-17)7-13(16)9-14/h7-9,18H,2-6,11H2,1H3. The monoisotopic (exact) mass is 278 g/mol. The lowest BCUT2D eigenvalue weighted by Crippen LogP contribution is -2.35. The Labute approximate surface area is 118 Å². The zero-order chi connectivity index (χ0) is 13.7. The number of nitrogens with zero attached hydrogens (tertiary/aromatic N) is 1. The van der Waals surface area contributed by atoms with E-state index in [1.165, 1.54) is 44.2 Å². The summed E-state index contributed by atoms with van der Waals surface area (Å²) in [4.78, 5) is 0. The van der Waals surface area contributed by atoms with Gasteiger partial charge in [0.15, 0.2) is 0 Å². The van der Waals surface area contributed by atoms with Gasteiger partial charge in [0.1, 0.15) is 5.82 Å². The summed E-state index contributed by atoms with van der Waals surface area (Å²) in [6.45, 7) is 0.836. The van der Waals surface area contributed by atoms with Gasteiger partial charge in [0.05, 0.1) is 11.6 Å². The normalized spacial score (nSPS) is 17.7. The summed E-state index contributed by atoms with van der Waals surface area (Å²) in [5.41, 5.74) is 1.07. The largest absolute Gasteiger partial charge is 0.384 e. The number of thioether (sulfide) groups is 1. The molecule has 0 heterocycles. The van der Waals surface area contributed by atoms with Crippen molar-refractivity contribution in [3.8, 4) is 6.07 Å². The third kappa shape index (κ3) is 3.63. The molecule has 2 nitrogen and oxygen atoms in total. The van der Waals surface area contributed by atoms with Gasteiger partial charge in [-0.2, -0.15) is 17.0 Å². The van der Waals surface area contributed by atoms with Crippen LogP contribution >= 0.6 is 11.8 Å². The highest BCUT2D eigenvalue weighted by molar-refractivity contribution is 8.00.